The first-order chi connectivity index (χ1) is 9.55. The number of aryl methyl sites for hydroxylation is 2. The maximum Gasteiger partial charge on any atom is 0.165 e. The van der Waals surface area contributed by atoms with Gasteiger partial charge in [0.1, 0.15) is 0 Å². The molecule has 1 aromatic heterocycles. The number of methoxy groups -OCH3 is 1. The van der Waals surface area contributed by atoms with Gasteiger partial charge < -0.3 is 9.84 Å². The highest BCUT2D eigenvalue weighted by atomic mass is 19.1. The lowest BCUT2D eigenvalue weighted by Gasteiger charge is -2.12. The highest BCUT2D eigenvalue weighted by Crippen LogP contribution is 2.24. The van der Waals surface area contributed by atoms with E-state index in [-0.39, 0.29) is 5.75 Å². The van der Waals surface area contributed by atoms with Crippen LogP contribution >= 0.6 is 0 Å². The topological polar surface area (TPSA) is 47.3 Å². The minimum Gasteiger partial charge on any atom is -0.494 e. The summed E-state index contributed by atoms with van der Waals surface area (Å²) in [5, 5.41) is 14.6. The van der Waals surface area contributed by atoms with Gasteiger partial charge in [0.25, 0.3) is 0 Å². The van der Waals surface area contributed by atoms with Crippen molar-refractivity contribution in [2.24, 2.45) is 7.05 Å². The number of rotatable bonds is 5. The predicted molar refractivity (Wildman–Crippen MR) is 74.2 cm³/mol. The third kappa shape index (κ3) is 2.99. The summed E-state index contributed by atoms with van der Waals surface area (Å²) in [6, 6.07) is 6.46. The average molecular weight is 278 g/mol. The Hall–Kier alpha value is -1.88. The van der Waals surface area contributed by atoms with Crippen molar-refractivity contribution < 1.29 is 14.2 Å². The minimum absolute atomic E-state index is 0.176. The SMILES string of the molecule is CCc1cc(CC(O)c2ccc(OC)c(F)c2)n(C)n1. The lowest BCUT2D eigenvalue weighted by atomic mass is 10.0. The summed E-state index contributed by atoms with van der Waals surface area (Å²) in [5.74, 6) is -0.293. The third-order valence-corrected chi connectivity index (χ3v) is 3.35. The lowest BCUT2D eigenvalue weighted by Crippen LogP contribution is -2.07. The molecule has 2 aromatic rings. The van der Waals surface area contributed by atoms with Crippen molar-refractivity contribution in [2.45, 2.75) is 25.9 Å². The number of aliphatic hydroxyl groups excluding tert-OH is 1. The Bertz CT molecular complexity index is 596. The van der Waals surface area contributed by atoms with E-state index in [2.05, 4.69) is 5.10 Å². The second kappa shape index (κ2) is 6.05. The van der Waals surface area contributed by atoms with Gasteiger partial charge >= 0.3 is 0 Å². The van der Waals surface area contributed by atoms with E-state index < -0.39 is 11.9 Å². The van der Waals surface area contributed by atoms with Crippen molar-refractivity contribution in [2.75, 3.05) is 7.11 Å². The molecule has 0 saturated heterocycles. The molecule has 0 spiro atoms. The number of hydrogen-bond donors (Lipinski definition) is 1. The highest BCUT2D eigenvalue weighted by molar-refractivity contribution is 5.31. The number of halogens is 1. The van der Waals surface area contributed by atoms with Crippen LogP contribution in [0.3, 0.4) is 0 Å². The van der Waals surface area contributed by atoms with Gasteiger partial charge in [0.15, 0.2) is 11.6 Å². The van der Waals surface area contributed by atoms with Gasteiger partial charge in [0, 0.05) is 19.2 Å². The summed E-state index contributed by atoms with van der Waals surface area (Å²) in [5.41, 5.74) is 2.43. The molecule has 0 radical (unpaired) electrons. The van der Waals surface area contributed by atoms with Gasteiger partial charge in [-0.1, -0.05) is 13.0 Å². The van der Waals surface area contributed by atoms with E-state index in [1.807, 2.05) is 20.0 Å². The van der Waals surface area contributed by atoms with Crippen LogP contribution in [0, 0.1) is 5.82 Å². The van der Waals surface area contributed by atoms with E-state index in [0.29, 0.717) is 12.0 Å². The van der Waals surface area contributed by atoms with Gasteiger partial charge in [-0.15, -0.1) is 0 Å². The maximum atomic E-state index is 13.6. The van der Waals surface area contributed by atoms with Crippen LogP contribution in [0.25, 0.3) is 0 Å². The highest BCUT2D eigenvalue weighted by Gasteiger charge is 2.14. The van der Waals surface area contributed by atoms with E-state index in [1.54, 1.807) is 10.7 Å². The first-order valence-electron chi connectivity index (χ1n) is 6.58. The normalized spacial score (nSPS) is 12.4. The molecule has 1 aromatic carbocycles. The Morgan fingerprint density at radius 2 is 2.15 bits per heavy atom. The number of nitrogens with zero attached hydrogens (tertiary/aromatic N) is 2. The van der Waals surface area contributed by atoms with Crippen LogP contribution in [0.15, 0.2) is 24.3 Å². The molecular weight excluding hydrogens is 259 g/mol. The second-order valence-corrected chi connectivity index (χ2v) is 4.72. The molecule has 20 heavy (non-hydrogen) atoms. The number of ether oxygens (including phenoxy) is 1. The summed E-state index contributed by atoms with van der Waals surface area (Å²) in [6.45, 7) is 2.03. The molecule has 2 rings (SSSR count). The van der Waals surface area contributed by atoms with E-state index >= 15 is 0 Å². The van der Waals surface area contributed by atoms with Gasteiger partial charge in [0.2, 0.25) is 0 Å². The number of aromatic nitrogens is 2. The molecule has 1 unspecified atom stereocenters. The summed E-state index contributed by atoms with van der Waals surface area (Å²) in [6.07, 6.45) is 0.478. The van der Waals surface area contributed by atoms with E-state index in [0.717, 1.165) is 17.8 Å². The first-order valence-corrected chi connectivity index (χ1v) is 6.58. The standard InChI is InChI=1S/C15H19FN2O2/c1-4-11-8-12(18(2)17-11)9-14(19)10-5-6-15(20-3)13(16)7-10/h5-8,14,19H,4,9H2,1-3H3. The van der Waals surface area contributed by atoms with Crippen molar-refractivity contribution in [1.29, 1.82) is 0 Å². The van der Waals surface area contributed by atoms with Crippen LogP contribution < -0.4 is 4.74 Å². The molecule has 5 heteroatoms. The fourth-order valence-corrected chi connectivity index (χ4v) is 2.14. The van der Waals surface area contributed by atoms with Crippen LogP contribution in [0.1, 0.15) is 30.0 Å². The zero-order valence-electron chi connectivity index (χ0n) is 11.9. The van der Waals surface area contributed by atoms with E-state index in [9.17, 15) is 9.50 Å². The lowest BCUT2D eigenvalue weighted by molar-refractivity contribution is 0.175. The number of aliphatic hydroxyl groups is 1. The monoisotopic (exact) mass is 278 g/mol. The summed E-state index contributed by atoms with van der Waals surface area (Å²) in [4.78, 5) is 0. The summed E-state index contributed by atoms with van der Waals surface area (Å²) >= 11 is 0. The van der Waals surface area contributed by atoms with Gasteiger partial charge in [-0.25, -0.2) is 4.39 Å². The van der Waals surface area contributed by atoms with Crippen LogP contribution in [0.4, 0.5) is 4.39 Å². The molecule has 0 aliphatic rings. The molecule has 0 bridgehead atoms. The molecule has 108 valence electrons. The molecule has 0 fully saturated rings. The molecular formula is C15H19FN2O2. The average Bonchev–Trinajstić information content (AvgIpc) is 2.79. The first kappa shape index (κ1) is 14.5. The molecule has 0 amide bonds. The molecule has 0 aliphatic carbocycles. The van der Waals surface area contributed by atoms with Crippen molar-refractivity contribution >= 4 is 0 Å². The largest absolute Gasteiger partial charge is 0.494 e. The summed E-state index contributed by atoms with van der Waals surface area (Å²) in [7, 11) is 3.26. The Morgan fingerprint density at radius 3 is 2.70 bits per heavy atom. The van der Waals surface area contributed by atoms with Crippen LogP contribution in [0.5, 0.6) is 5.75 Å². The molecule has 4 nitrogen and oxygen atoms in total. The Morgan fingerprint density at radius 1 is 1.40 bits per heavy atom. The Labute approximate surface area is 117 Å². The fourth-order valence-electron chi connectivity index (χ4n) is 2.14. The van der Waals surface area contributed by atoms with E-state index in [1.165, 1.54) is 19.2 Å². The Balaban J connectivity index is 2.16. The smallest absolute Gasteiger partial charge is 0.165 e. The predicted octanol–water partition coefficient (Wildman–Crippen LogP) is 2.41. The van der Waals surface area contributed by atoms with Crippen LogP contribution in [0.2, 0.25) is 0 Å². The molecule has 1 N–H and O–H groups in total. The molecule has 1 atom stereocenters. The second-order valence-electron chi connectivity index (χ2n) is 4.72. The molecule has 0 aliphatic heterocycles. The van der Waals surface area contributed by atoms with Gasteiger partial charge in [0.05, 0.1) is 18.9 Å². The quantitative estimate of drug-likeness (QED) is 0.913. The van der Waals surface area contributed by atoms with Crippen LogP contribution in [-0.4, -0.2) is 22.0 Å². The van der Waals surface area contributed by atoms with Crippen molar-refractivity contribution in [1.82, 2.24) is 9.78 Å². The van der Waals surface area contributed by atoms with Crippen molar-refractivity contribution in [3.05, 3.63) is 47.0 Å². The van der Waals surface area contributed by atoms with Gasteiger partial charge in [-0.2, -0.15) is 5.10 Å². The van der Waals surface area contributed by atoms with Gasteiger partial charge in [-0.05, 0) is 30.2 Å². The third-order valence-electron chi connectivity index (χ3n) is 3.35. The van der Waals surface area contributed by atoms with Gasteiger partial charge in [-0.3, -0.25) is 4.68 Å². The van der Waals surface area contributed by atoms with Crippen LogP contribution in [-0.2, 0) is 19.9 Å². The molecule has 0 saturated carbocycles. The van der Waals surface area contributed by atoms with Crippen molar-refractivity contribution in [3.8, 4) is 5.75 Å². The number of hydrogen-bond acceptors (Lipinski definition) is 3. The fraction of sp³-hybridized carbons (Fsp3) is 0.400. The van der Waals surface area contributed by atoms with Crippen molar-refractivity contribution in [3.63, 3.8) is 0 Å². The zero-order chi connectivity index (χ0) is 14.7. The molecule has 1 heterocycles. The zero-order valence-corrected chi connectivity index (χ0v) is 11.9. The Kier molecular flexibility index (Phi) is 4.39. The maximum absolute atomic E-state index is 13.6. The minimum atomic E-state index is -0.768. The summed E-state index contributed by atoms with van der Waals surface area (Å²) < 4.78 is 20.3. The number of benzene rings is 1. The van der Waals surface area contributed by atoms with E-state index in [4.69, 9.17) is 4.74 Å².